The Morgan fingerprint density at radius 2 is 1.75 bits per heavy atom. The molecule has 1 rings (SSSR count). The molecule has 2 N–H and O–H groups in total. The summed E-state index contributed by atoms with van der Waals surface area (Å²) in [6.45, 7) is 3.38. The maximum Gasteiger partial charge on any atom is 0.387 e. The first-order chi connectivity index (χ1) is 11.2. The van der Waals surface area contributed by atoms with Crippen molar-refractivity contribution in [3.63, 3.8) is 0 Å². The average Bonchev–Trinajstić information content (AvgIpc) is 2.49. The van der Waals surface area contributed by atoms with Gasteiger partial charge in [-0.2, -0.15) is 8.78 Å². The maximum absolute atomic E-state index is 12.0. The minimum Gasteiger partial charge on any atom is -0.435 e. The highest BCUT2D eigenvalue weighted by molar-refractivity contribution is 5.81. The number of benzene rings is 1. The number of rotatable bonds is 8. The van der Waals surface area contributed by atoms with Crippen molar-refractivity contribution in [1.82, 2.24) is 10.6 Å². The van der Waals surface area contributed by atoms with Crippen LogP contribution in [0.2, 0.25) is 0 Å². The molecule has 0 fully saturated rings. The molecular weight excluding hydrogens is 318 g/mol. The molecular formula is C17H24F2N2O3. The number of carbonyl (C=O) groups excluding carboxylic acids is 2. The first-order valence-electron chi connectivity index (χ1n) is 7.77. The molecule has 0 radical (unpaired) electrons. The molecule has 0 saturated carbocycles. The predicted molar refractivity (Wildman–Crippen MR) is 86.6 cm³/mol. The average molecular weight is 342 g/mol. The van der Waals surface area contributed by atoms with E-state index in [0.717, 1.165) is 5.56 Å². The van der Waals surface area contributed by atoms with Crippen molar-refractivity contribution < 1.29 is 23.1 Å². The molecule has 0 aromatic heterocycles. The summed E-state index contributed by atoms with van der Waals surface area (Å²) in [6.07, 6.45) is 0.853. The molecule has 0 aliphatic rings. The predicted octanol–water partition coefficient (Wildman–Crippen LogP) is 2.85. The van der Waals surface area contributed by atoms with Crippen LogP contribution in [0, 0.1) is 5.41 Å². The van der Waals surface area contributed by atoms with E-state index < -0.39 is 12.0 Å². The number of alkyl halides is 2. The van der Waals surface area contributed by atoms with E-state index in [-0.39, 0.29) is 17.6 Å². The summed E-state index contributed by atoms with van der Waals surface area (Å²) in [4.78, 5) is 23.4. The third-order valence-corrected chi connectivity index (χ3v) is 3.19. The topological polar surface area (TPSA) is 67.4 Å². The molecule has 24 heavy (non-hydrogen) atoms. The Balaban J connectivity index is 2.23. The van der Waals surface area contributed by atoms with Gasteiger partial charge >= 0.3 is 6.61 Å². The van der Waals surface area contributed by atoms with E-state index in [4.69, 9.17) is 0 Å². The van der Waals surface area contributed by atoms with E-state index in [9.17, 15) is 18.4 Å². The summed E-state index contributed by atoms with van der Waals surface area (Å²) in [6, 6.07) is 6.08. The van der Waals surface area contributed by atoms with Gasteiger partial charge in [0.15, 0.2) is 0 Å². The molecule has 0 spiro atoms. The van der Waals surface area contributed by atoms with E-state index in [2.05, 4.69) is 15.4 Å². The number of ether oxygens (including phenoxy) is 1. The van der Waals surface area contributed by atoms with Crippen molar-refractivity contribution in [2.24, 2.45) is 5.41 Å². The van der Waals surface area contributed by atoms with Crippen LogP contribution in [0.4, 0.5) is 8.78 Å². The minimum atomic E-state index is -2.85. The zero-order valence-corrected chi connectivity index (χ0v) is 14.2. The Bertz CT molecular complexity index is 540. The van der Waals surface area contributed by atoms with Crippen molar-refractivity contribution >= 4 is 11.8 Å². The Morgan fingerprint density at radius 1 is 1.12 bits per heavy atom. The van der Waals surface area contributed by atoms with Gasteiger partial charge in [-0.3, -0.25) is 9.59 Å². The Hall–Kier alpha value is -2.18. The molecule has 0 atom stereocenters. The van der Waals surface area contributed by atoms with Gasteiger partial charge in [0.1, 0.15) is 5.75 Å². The lowest BCUT2D eigenvalue weighted by Crippen LogP contribution is -2.35. The van der Waals surface area contributed by atoms with Crippen LogP contribution in [0.3, 0.4) is 0 Å². The highest BCUT2D eigenvalue weighted by Gasteiger charge is 2.20. The fourth-order valence-electron chi connectivity index (χ4n) is 1.79. The summed E-state index contributed by atoms with van der Waals surface area (Å²) in [5, 5.41) is 5.52. The lowest BCUT2D eigenvalue weighted by Gasteiger charge is -2.17. The Morgan fingerprint density at radius 3 is 2.29 bits per heavy atom. The van der Waals surface area contributed by atoms with Crippen LogP contribution in [0.25, 0.3) is 0 Å². The molecule has 1 aromatic rings. The van der Waals surface area contributed by atoms with Gasteiger partial charge < -0.3 is 15.4 Å². The molecule has 134 valence electrons. The Labute approximate surface area is 140 Å². The monoisotopic (exact) mass is 342 g/mol. The number of carbonyl (C=O) groups is 2. The number of halogens is 2. The number of nitrogens with one attached hydrogen (secondary N) is 2. The molecule has 2 amide bonds. The molecule has 7 heteroatoms. The number of hydrogen-bond donors (Lipinski definition) is 2. The number of amides is 2. The van der Waals surface area contributed by atoms with Gasteiger partial charge in [0.2, 0.25) is 11.8 Å². The van der Waals surface area contributed by atoms with Crippen LogP contribution in [0.5, 0.6) is 5.75 Å². The molecule has 0 bridgehead atoms. The fraction of sp³-hybridized carbons (Fsp3) is 0.529. The van der Waals surface area contributed by atoms with Gasteiger partial charge in [0.05, 0.1) is 0 Å². The van der Waals surface area contributed by atoms with Crippen molar-refractivity contribution in [1.29, 1.82) is 0 Å². The summed E-state index contributed by atoms with van der Waals surface area (Å²) >= 11 is 0. The molecule has 0 unspecified atom stereocenters. The highest BCUT2D eigenvalue weighted by Crippen LogP contribution is 2.15. The van der Waals surface area contributed by atoms with Crippen LogP contribution in [0.1, 0.15) is 39.2 Å². The largest absolute Gasteiger partial charge is 0.435 e. The summed E-state index contributed by atoms with van der Waals surface area (Å²) in [5.74, 6) is -0.100. The standard InChI is InChI=1S/C17H24F2N2O3/c1-17(2,3)15(23)20-10-4-5-14(22)21-11-12-6-8-13(9-7-12)24-16(18)19/h6-9,16H,4-5,10-11H2,1-3H3,(H,20,23)(H,21,22). The fourth-order valence-corrected chi connectivity index (χ4v) is 1.79. The van der Waals surface area contributed by atoms with E-state index >= 15 is 0 Å². The highest BCUT2D eigenvalue weighted by atomic mass is 19.3. The second kappa shape index (κ2) is 9.20. The zero-order chi connectivity index (χ0) is 18.2. The van der Waals surface area contributed by atoms with Crippen molar-refractivity contribution in [3.8, 4) is 5.75 Å². The first kappa shape index (κ1) is 19.9. The van der Waals surface area contributed by atoms with Gasteiger partial charge in [-0.05, 0) is 24.1 Å². The minimum absolute atomic E-state index is 0.0472. The van der Waals surface area contributed by atoms with Gasteiger partial charge in [0.25, 0.3) is 0 Å². The lowest BCUT2D eigenvalue weighted by atomic mass is 9.96. The van der Waals surface area contributed by atoms with Gasteiger partial charge in [-0.25, -0.2) is 0 Å². The van der Waals surface area contributed by atoms with E-state index in [1.165, 1.54) is 12.1 Å². The van der Waals surface area contributed by atoms with Crippen LogP contribution >= 0.6 is 0 Å². The van der Waals surface area contributed by atoms with Crippen LogP contribution in [-0.4, -0.2) is 25.0 Å². The smallest absolute Gasteiger partial charge is 0.387 e. The number of hydrogen-bond acceptors (Lipinski definition) is 3. The zero-order valence-electron chi connectivity index (χ0n) is 14.2. The molecule has 5 nitrogen and oxygen atoms in total. The normalized spacial score (nSPS) is 11.2. The summed E-state index contributed by atoms with van der Waals surface area (Å²) in [7, 11) is 0. The molecule has 0 aliphatic heterocycles. The van der Waals surface area contributed by atoms with E-state index in [1.807, 2.05) is 20.8 Å². The second-order valence-corrected chi connectivity index (χ2v) is 6.41. The van der Waals surface area contributed by atoms with Gasteiger partial charge in [0, 0.05) is 24.9 Å². The Kier molecular flexibility index (Phi) is 7.61. The van der Waals surface area contributed by atoms with Crippen molar-refractivity contribution in [2.45, 2.75) is 46.8 Å². The SMILES string of the molecule is CC(C)(C)C(=O)NCCCC(=O)NCc1ccc(OC(F)F)cc1. The van der Waals surface area contributed by atoms with E-state index in [1.54, 1.807) is 12.1 Å². The lowest BCUT2D eigenvalue weighted by molar-refractivity contribution is -0.128. The van der Waals surface area contributed by atoms with Gasteiger partial charge in [-0.15, -0.1) is 0 Å². The quantitative estimate of drug-likeness (QED) is 0.714. The second-order valence-electron chi connectivity index (χ2n) is 6.41. The van der Waals surface area contributed by atoms with Crippen LogP contribution < -0.4 is 15.4 Å². The van der Waals surface area contributed by atoms with Crippen molar-refractivity contribution in [3.05, 3.63) is 29.8 Å². The third-order valence-electron chi connectivity index (χ3n) is 3.19. The first-order valence-corrected chi connectivity index (χ1v) is 7.77. The molecule has 0 saturated heterocycles. The molecule has 0 heterocycles. The summed E-state index contributed by atoms with van der Waals surface area (Å²) < 4.78 is 28.3. The van der Waals surface area contributed by atoms with Crippen molar-refractivity contribution in [2.75, 3.05) is 6.54 Å². The summed E-state index contributed by atoms with van der Waals surface area (Å²) in [5.41, 5.74) is 0.341. The van der Waals surface area contributed by atoms with E-state index in [0.29, 0.717) is 25.9 Å². The molecule has 1 aromatic carbocycles. The third kappa shape index (κ3) is 7.89. The maximum atomic E-state index is 12.0. The van der Waals surface area contributed by atoms with Gasteiger partial charge in [-0.1, -0.05) is 32.9 Å². The molecule has 0 aliphatic carbocycles. The van der Waals surface area contributed by atoms with Crippen LogP contribution in [0.15, 0.2) is 24.3 Å². The van der Waals surface area contributed by atoms with Crippen LogP contribution in [-0.2, 0) is 16.1 Å².